The number of amides is 2. The Kier molecular flexibility index (Phi) is 4.57. The zero-order valence-corrected chi connectivity index (χ0v) is 17.5. The molecule has 31 heavy (non-hydrogen) atoms. The molecule has 0 spiro atoms. The standard InChI is InChI=1S/C23H23N5O3/c1-15-7-6-10-24-19(15)21(30)28-12-18-11-27(20(29)17-8-4-3-5-9-17)13-23(18,14-28)22-25-16(2)26-31-22/h3-10,18H,11-14H2,1-2H3/t18-,23-/m1/s1. The van der Waals surface area contributed by atoms with E-state index in [1.165, 1.54) is 0 Å². The number of aryl methyl sites for hydroxylation is 2. The molecule has 2 fully saturated rings. The van der Waals surface area contributed by atoms with Crippen molar-refractivity contribution in [1.82, 2.24) is 24.9 Å². The molecule has 2 saturated heterocycles. The molecule has 2 aliphatic rings. The van der Waals surface area contributed by atoms with Gasteiger partial charge in [0.25, 0.3) is 11.8 Å². The third-order valence-electron chi connectivity index (χ3n) is 6.37. The maximum absolute atomic E-state index is 13.2. The van der Waals surface area contributed by atoms with Gasteiger partial charge in [0.2, 0.25) is 5.89 Å². The summed E-state index contributed by atoms with van der Waals surface area (Å²) in [7, 11) is 0. The van der Waals surface area contributed by atoms with Crippen LogP contribution in [0.15, 0.2) is 53.2 Å². The van der Waals surface area contributed by atoms with Crippen molar-refractivity contribution in [2.24, 2.45) is 5.92 Å². The quantitative estimate of drug-likeness (QED) is 0.649. The Bertz CT molecular complexity index is 1140. The third-order valence-corrected chi connectivity index (χ3v) is 6.37. The number of nitrogens with zero attached hydrogens (tertiary/aromatic N) is 5. The summed E-state index contributed by atoms with van der Waals surface area (Å²) in [5, 5.41) is 3.98. The summed E-state index contributed by atoms with van der Waals surface area (Å²) in [4.78, 5) is 38.8. The molecule has 0 aliphatic carbocycles. The number of aromatic nitrogens is 3. The molecule has 0 N–H and O–H groups in total. The number of fused-ring (bicyclic) bond motifs is 1. The average molecular weight is 417 g/mol. The van der Waals surface area contributed by atoms with Gasteiger partial charge in [-0.05, 0) is 37.6 Å². The minimum absolute atomic E-state index is 0.00739. The van der Waals surface area contributed by atoms with Gasteiger partial charge in [0, 0.05) is 43.9 Å². The van der Waals surface area contributed by atoms with Crippen LogP contribution in [-0.2, 0) is 5.41 Å². The van der Waals surface area contributed by atoms with Crippen LogP contribution in [0.2, 0.25) is 0 Å². The summed E-state index contributed by atoms with van der Waals surface area (Å²) in [6.45, 7) is 5.53. The second-order valence-electron chi connectivity index (χ2n) is 8.41. The summed E-state index contributed by atoms with van der Waals surface area (Å²) in [5.74, 6) is 0.911. The average Bonchev–Trinajstić information content (AvgIpc) is 3.46. The van der Waals surface area contributed by atoms with Gasteiger partial charge in [0.05, 0.1) is 5.41 Å². The molecule has 0 saturated carbocycles. The van der Waals surface area contributed by atoms with Crippen LogP contribution in [0.1, 0.15) is 38.1 Å². The number of benzene rings is 1. The monoisotopic (exact) mass is 417 g/mol. The van der Waals surface area contributed by atoms with Crippen molar-refractivity contribution in [3.05, 3.63) is 77.2 Å². The van der Waals surface area contributed by atoms with Crippen molar-refractivity contribution in [1.29, 1.82) is 0 Å². The molecule has 0 bridgehead atoms. The molecular formula is C23H23N5O3. The van der Waals surface area contributed by atoms with Gasteiger partial charge in [-0.2, -0.15) is 4.98 Å². The topological polar surface area (TPSA) is 92.4 Å². The van der Waals surface area contributed by atoms with Gasteiger partial charge in [-0.3, -0.25) is 14.6 Å². The number of pyridine rings is 1. The first-order valence-corrected chi connectivity index (χ1v) is 10.3. The number of carbonyl (C=O) groups excluding carboxylic acids is 2. The summed E-state index contributed by atoms with van der Waals surface area (Å²) >= 11 is 0. The number of carbonyl (C=O) groups is 2. The van der Waals surface area contributed by atoms with E-state index < -0.39 is 5.41 Å². The van der Waals surface area contributed by atoms with Crippen LogP contribution in [0.3, 0.4) is 0 Å². The first-order chi connectivity index (χ1) is 15.0. The highest BCUT2D eigenvalue weighted by atomic mass is 16.5. The number of rotatable bonds is 3. The molecule has 1 aromatic carbocycles. The minimum atomic E-state index is -0.579. The Morgan fingerprint density at radius 3 is 2.35 bits per heavy atom. The largest absolute Gasteiger partial charge is 0.339 e. The summed E-state index contributed by atoms with van der Waals surface area (Å²) in [6.07, 6.45) is 1.63. The Hall–Kier alpha value is -3.55. The van der Waals surface area contributed by atoms with E-state index in [-0.39, 0.29) is 17.7 Å². The lowest BCUT2D eigenvalue weighted by atomic mass is 9.81. The van der Waals surface area contributed by atoms with Crippen LogP contribution in [-0.4, -0.2) is 62.9 Å². The number of likely N-dealkylation sites (tertiary alicyclic amines) is 2. The molecule has 2 atom stereocenters. The van der Waals surface area contributed by atoms with E-state index in [2.05, 4.69) is 15.1 Å². The van der Waals surface area contributed by atoms with Crippen LogP contribution < -0.4 is 0 Å². The zero-order chi connectivity index (χ0) is 21.6. The molecule has 5 rings (SSSR count). The van der Waals surface area contributed by atoms with Crippen molar-refractivity contribution >= 4 is 11.8 Å². The Morgan fingerprint density at radius 2 is 1.71 bits per heavy atom. The second kappa shape index (κ2) is 7.30. The second-order valence-corrected chi connectivity index (χ2v) is 8.41. The third kappa shape index (κ3) is 3.19. The number of hydrogen-bond acceptors (Lipinski definition) is 6. The Labute approximate surface area is 179 Å². The van der Waals surface area contributed by atoms with Gasteiger partial charge in [-0.1, -0.05) is 29.4 Å². The molecule has 2 aliphatic heterocycles. The fraction of sp³-hybridized carbons (Fsp3) is 0.348. The fourth-order valence-corrected chi connectivity index (χ4v) is 4.80. The molecule has 2 aromatic heterocycles. The molecular weight excluding hydrogens is 394 g/mol. The van der Waals surface area contributed by atoms with Gasteiger partial charge in [-0.25, -0.2) is 0 Å². The molecule has 0 unspecified atom stereocenters. The smallest absolute Gasteiger partial charge is 0.272 e. The van der Waals surface area contributed by atoms with Crippen LogP contribution in [0.5, 0.6) is 0 Å². The molecule has 3 aromatic rings. The van der Waals surface area contributed by atoms with E-state index in [1.807, 2.05) is 59.2 Å². The lowest BCUT2D eigenvalue weighted by molar-refractivity contribution is 0.0724. The maximum Gasteiger partial charge on any atom is 0.272 e. The summed E-state index contributed by atoms with van der Waals surface area (Å²) in [5.41, 5.74) is 1.37. The van der Waals surface area contributed by atoms with Crippen LogP contribution in [0.4, 0.5) is 0 Å². The van der Waals surface area contributed by atoms with Gasteiger partial charge >= 0.3 is 0 Å². The lowest BCUT2D eigenvalue weighted by Crippen LogP contribution is -2.41. The highest BCUT2D eigenvalue weighted by Gasteiger charge is 2.59. The van der Waals surface area contributed by atoms with E-state index in [0.29, 0.717) is 49.2 Å². The SMILES string of the molecule is Cc1noc([C@@]23CN(C(=O)c4ccccc4)C[C@@H]2CN(C(=O)c2ncccc2C)C3)n1. The highest BCUT2D eigenvalue weighted by Crippen LogP contribution is 2.45. The molecule has 158 valence electrons. The van der Waals surface area contributed by atoms with Crippen LogP contribution in [0, 0.1) is 19.8 Å². The molecule has 0 radical (unpaired) electrons. The van der Waals surface area contributed by atoms with E-state index in [4.69, 9.17) is 4.52 Å². The van der Waals surface area contributed by atoms with E-state index in [1.54, 1.807) is 13.1 Å². The van der Waals surface area contributed by atoms with Crippen molar-refractivity contribution in [2.45, 2.75) is 19.3 Å². The van der Waals surface area contributed by atoms with Gasteiger partial charge in [0.15, 0.2) is 5.82 Å². The lowest BCUT2D eigenvalue weighted by Gasteiger charge is -2.26. The van der Waals surface area contributed by atoms with Crippen molar-refractivity contribution in [2.75, 3.05) is 26.2 Å². The van der Waals surface area contributed by atoms with Gasteiger partial charge < -0.3 is 14.3 Å². The molecule has 8 heteroatoms. The van der Waals surface area contributed by atoms with Crippen molar-refractivity contribution < 1.29 is 14.1 Å². The van der Waals surface area contributed by atoms with Gasteiger partial charge in [0.1, 0.15) is 5.69 Å². The minimum Gasteiger partial charge on any atom is -0.339 e. The summed E-state index contributed by atoms with van der Waals surface area (Å²) < 4.78 is 5.59. The Balaban J connectivity index is 1.46. The first kappa shape index (κ1) is 19.4. The predicted molar refractivity (Wildman–Crippen MR) is 111 cm³/mol. The van der Waals surface area contributed by atoms with Gasteiger partial charge in [-0.15, -0.1) is 0 Å². The van der Waals surface area contributed by atoms with E-state index in [0.717, 1.165) is 5.56 Å². The Morgan fingerprint density at radius 1 is 1.00 bits per heavy atom. The molecule has 2 amide bonds. The van der Waals surface area contributed by atoms with E-state index in [9.17, 15) is 9.59 Å². The molecule has 4 heterocycles. The predicted octanol–water partition coefficient (Wildman–Crippen LogP) is 2.25. The number of hydrogen-bond donors (Lipinski definition) is 0. The zero-order valence-electron chi connectivity index (χ0n) is 17.5. The normalized spacial score (nSPS) is 22.6. The van der Waals surface area contributed by atoms with E-state index >= 15 is 0 Å². The highest BCUT2D eigenvalue weighted by molar-refractivity contribution is 5.95. The van der Waals surface area contributed by atoms with Crippen molar-refractivity contribution in [3.8, 4) is 0 Å². The first-order valence-electron chi connectivity index (χ1n) is 10.3. The summed E-state index contributed by atoms with van der Waals surface area (Å²) in [6, 6.07) is 12.9. The maximum atomic E-state index is 13.2. The van der Waals surface area contributed by atoms with Crippen molar-refractivity contribution in [3.63, 3.8) is 0 Å². The van der Waals surface area contributed by atoms with Crippen LogP contribution in [0.25, 0.3) is 0 Å². The van der Waals surface area contributed by atoms with Crippen LogP contribution >= 0.6 is 0 Å². The molecule has 8 nitrogen and oxygen atoms in total. The fourth-order valence-electron chi connectivity index (χ4n) is 4.80.